The number of anilines is 2. The van der Waals surface area contributed by atoms with Gasteiger partial charge in [-0.2, -0.15) is 0 Å². The van der Waals surface area contributed by atoms with Crippen LogP contribution < -0.4 is 14.4 Å². The van der Waals surface area contributed by atoms with Crippen LogP contribution >= 0.6 is 0 Å². The van der Waals surface area contributed by atoms with Crippen molar-refractivity contribution in [1.82, 2.24) is 9.88 Å². The summed E-state index contributed by atoms with van der Waals surface area (Å²) >= 11 is -1.14. The molecule has 8 heteroatoms. The van der Waals surface area contributed by atoms with Gasteiger partial charge in [0.1, 0.15) is 12.9 Å². The first-order valence-electron chi connectivity index (χ1n) is 9.79. The maximum Gasteiger partial charge on any atom is 0.255 e. The summed E-state index contributed by atoms with van der Waals surface area (Å²) in [6.07, 6.45) is 6.54. The molecule has 7 nitrogen and oxygen atoms in total. The molecule has 0 radical (unpaired) electrons. The number of aromatic nitrogens is 1. The molecule has 3 heterocycles. The van der Waals surface area contributed by atoms with Crippen LogP contribution in [0.5, 0.6) is 11.5 Å². The molecule has 4 rings (SSSR count). The van der Waals surface area contributed by atoms with E-state index in [-0.39, 0.29) is 5.91 Å². The van der Waals surface area contributed by atoms with Crippen LogP contribution in [0.25, 0.3) is 0 Å². The number of ether oxygens (including phenoxy) is 2. The summed E-state index contributed by atoms with van der Waals surface area (Å²) < 4.78 is 23.1. The van der Waals surface area contributed by atoms with Crippen LogP contribution in [0.2, 0.25) is 0 Å². The summed E-state index contributed by atoms with van der Waals surface area (Å²) in [5, 5.41) is 0. The molecule has 1 aromatic heterocycles. The Morgan fingerprint density at radius 2 is 2.00 bits per heavy atom. The topological polar surface area (TPSA) is 78.0 Å². The number of benzene rings is 1. The van der Waals surface area contributed by atoms with Gasteiger partial charge in [0.05, 0.1) is 19.2 Å². The van der Waals surface area contributed by atoms with Gasteiger partial charge in [0.25, 0.3) is 5.91 Å². The first kappa shape index (κ1) is 19.8. The summed E-state index contributed by atoms with van der Waals surface area (Å²) in [4.78, 5) is 21.9. The first-order chi connectivity index (χ1) is 14.1. The molecule has 0 bridgehead atoms. The van der Waals surface area contributed by atoms with Crippen LogP contribution in [-0.2, 0) is 11.2 Å². The van der Waals surface area contributed by atoms with Crippen molar-refractivity contribution >= 4 is 28.6 Å². The fraction of sp³-hybridized carbons (Fsp3) is 0.429. The van der Waals surface area contributed by atoms with Crippen molar-refractivity contribution in [2.45, 2.75) is 24.2 Å². The van der Waals surface area contributed by atoms with Crippen LogP contribution in [0.4, 0.5) is 11.5 Å². The molecule has 0 N–H and O–H groups in total. The molecule has 0 spiro atoms. The van der Waals surface area contributed by atoms with E-state index in [0.29, 0.717) is 40.9 Å². The van der Waals surface area contributed by atoms with E-state index in [4.69, 9.17) is 9.47 Å². The van der Waals surface area contributed by atoms with Gasteiger partial charge in [-0.05, 0) is 48.6 Å². The molecule has 154 valence electrons. The number of hydrogen-bond acceptors (Lipinski definition) is 6. The highest BCUT2D eigenvalue weighted by Crippen LogP contribution is 2.38. The summed E-state index contributed by atoms with van der Waals surface area (Å²) in [5.74, 6) is 1.85. The average Bonchev–Trinajstić information content (AvgIpc) is 2.77. The maximum atomic E-state index is 12.8. The normalized spacial score (nSPS) is 17.3. The van der Waals surface area contributed by atoms with Crippen LogP contribution in [-0.4, -0.2) is 60.0 Å². The van der Waals surface area contributed by atoms with Gasteiger partial charge in [-0.25, -0.2) is 4.98 Å². The Morgan fingerprint density at radius 1 is 1.21 bits per heavy atom. The second-order valence-electron chi connectivity index (χ2n) is 7.19. The molecule has 0 saturated carbocycles. The second kappa shape index (κ2) is 8.51. The maximum absolute atomic E-state index is 12.8. The van der Waals surface area contributed by atoms with Crippen molar-refractivity contribution in [3.05, 3.63) is 36.0 Å². The average molecular weight is 416 g/mol. The molecule has 29 heavy (non-hydrogen) atoms. The third-order valence-electron chi connectivity index (χ3n) is 5.32. The van der Waals surface area contributed by atoms with E-state index in [1.165, 1.54) is 6.42 Å². The molecule has 1 aromatic carbocycles. The minimum atomic E-state index is -1.14. The Balaban J connectivity index is 1.63. The van der Waals surface area contributed by atoms with E-state index in [2.05, 4.69) is 4.98 Å². The number of fused-ring (bicyclic) bond motifs is 1. The van der Waals surface area contributed by atoms with Gasteiger partial charge in [0.15, 0.2) is 22.2 Å². The van der Waals surface area contributed by atoms with Crippen molar-refractivity contribution in [2.75, 3.05) is 44.5 Å². The van der Waals surface area contributed by atoms with Crippen molar-refractivity contribution in [1.29, 1.82) is 0 Å². The van der Waals surface area contributed by atoms with Gasteiger partial charge in [-0.3, -0.25) is 4.79 Å². The Morgan fingerprint density at radius 3 is 2.72 bits per heavy atom. The summed E-state index contributed by atoms with van der Waals surface area (Å²) in [5.41, 5.74) is 1.44. The van der Waals surface area contributed by atoms with Gasteiger partial charge in [0.2, 0.25) is 0 Å². The lowest BCUT2D eigenvalue weighted by Crippen LogP contribution is -2.36. The number of carbonyl (C=O) groups excluding carboxylic acids is 1. The standard InChI is InChI=1S/C21H25N3O4S/c1-27-17-13-16(6-7-19(17)29(2)26)24-10-11-28-18-12-15(14-22-20(18)24)21(25)23-8-4-3-5-9-23/h6-7,12-14H,3-5,8-11H2,1-2H3. The zero-order valence-corrected chi connectivity index (χ0v) is 17.5. The summed E-state index contributed by atoms with van der Waals surface area (Å²) in [6.45, 7) is 2.71. The second-order valence-corrected chi connectivity index (χ2v) is 8.54. The summed E-state index contributed by atoms with van der Waals surface area (Å²) in [6, 6.07) is 7.37. The molecule has 1 fully saturated rings. The van der Waals surface area contributed by atoms with E-state index < -0.39 is 11.2 Å². The minimum absolute atomic E-state index is 0.0113. The highest BCUT2D eigenvalue weighted by Gasteiger charge is 2.26. The molecule has 2 aliphatic rings. The molecule has 1 atom stereocenters. The molecular weight excluding hydrogens is 390 g/mol. The van der Waals surface area contributed by atoms with Crippen LogP contribution in [0.3, 0.4) is 0 Å². The lowest BCUT2D eigenvalue weighted by molar-refractivity contribution is 0.0723. The van der Waals surface area contributed by atoms with E-state index in [1.54, 1.807) is 25.6 Å². The van der Waals surface area contributed by atoms with Crippen molar-refractivity contribution in [2.24, 2.45) is 0 Å². The zero-order chi connectivity index (χ0) is 20.4. The monoisotopic (exact) mass is 415 g/mol. The van der Waals surface area contributed by atoms with Crippen LogP contribution in [0.15, 0.2) is 35.4 Å². The quantitative estimate of drug-likeness (QED) is 0.715. The molecule has 2 aliphatic heterocycles. The minimum Gasteiger partial charge on any atom is -0.612 e. The highest BCUT2D eigenvalue weighted by molar-refractivity contribution is 7.90. The number of pyridine rings is 1. The lowest BCUT2D eigenvalue weighted by atomic mass is 10.1. The van der Waals surface area contributed by atoms with E-state index in [1.807, 2.05) is 28.0 Å². The fourth-order valence-electron chi connectivity index (χ4n) is 3.81. The van der Waals surface area contributed by atoms with Crippen LogP contribution in [0, 0.1) is 0 Å². The van der Waals surface area contributed by atoms with Gasteiger partial charge in [0, 0.05) is 31.0 Å². The lowest BCUT2D eigenvalue weighted by Gasteiger charge is -2.31. The molecule has 0 aliphatic carbocycles. The third kappa shape index (κ3) is 4.00. The Kier molecular flexibility index (Phi) is 5.82. The Labute approximate surface area is 173 Å². The smallest absolute Gasteiger partial charge is 0.255 e. The molecular formula is C21H25N3O4S. The largest absolute Gasteiger partial charge is 0.612 e. The predicted molar refractivity (Wildman–Crippen MR) is 112 cm³/mol. The van der Waals surface area contributed by atoms with Gasteiger partial charge >= 0.3 is 0 Å². The number of methoxy groups -OCH3 is 1. The Bertz CT molecular complexity index is 899. The number of hydrogen-bond donors (Lipinski definition) is 0. The third-order valence-corrected chi connectivity index (χ3v) is 6.28. The zero-order valence-electron chi connectivity index (χ0n) is 16.7. The molecule has 2 aromatic rings. The fourth-order valence-corrected chi connectivity index (χ4v) is 4.49. The summed E-state index contributed by atoms with van der Waals surface area (Å²) in [7, 11) is 1.57. The number of nitrogens with zero attached hydrogens (tertiary/aromatic N) is 3. The predicted octanol–water partition coefficient (Wildman–Crippen LogP) is 2.98. The van der Waals surface area contributed by atoms with Crippen LogP contribution in [0.1, 0.15) is 29.6 Å². The number of amides is 1. The molecule has 1 unspecified atom stereocenters. The van der Waals surface area contributed by atoms with Crippen molar-refractivity contribution in [3.63, 3.8) is 0 Å². The Hall–Kier alpha value is -2.45. The van der Waals surface area contributed by atoms with E-state index >= 15 is 0 Å². The van der Waals surface area contributed by atoms with E-state index in [0.717, 1.165) is 31.6 Å². The van der Waals surface area contributed by atoms with Crippen molar-refractivity contribution in [3.8, 4) is 11.5 Å². The van der Waals surface area contributed by atoms with Gasteiger partial charge in [-0.15, -0.1) is 0 Å². The number of likely N-dealkylation sites (tertiary alicyclic amines) is 1. The number of piperidine rings is 1. The SMILES string of the molecule is COc1cc(N2CCOc3cc(C(=O)N4CCCCC4)cnc32)ccc1[S+](C)[O-]. The highest BCUT2D eigenvalue weighted by atomic mass is 32.2. The first-order valence-corrected chi connectivity index (χ1v) is 11.4. The van der Waals surface area contributed by atoms with Crippen molar-refractivity contribution < 1.29 is 18.8 Å². The molecule has 1 saturated heterocycles. The number of carbonyl (C=O) groups is 1. The molecule has 1 amide bonds. The number of rotatable bonds is 4. The van der Waals surface area contributed by atoms with Gasteiger partial charge in [-0.1, -0.05) is 0 Å². The van der Waals surface area contributed by atoms with E-state index in [9.17, 15) is 9.35 Å². The van der Waals surface area contributed by atoms with Gasteiger partial charge < -0.3 is 23.8 Å².